The van der Waals surface area contributed by atoms with Crippen LogP contribution in [0.3, 0.4) is 0 Å². The lowest BCUT2D eigenvalue weighted by Gasteiger charge is -2.25. The van der Waals surface area contributed by atoms with Gasteiger partial charge in [-0.3, -0.25) is 0 Å². The molecule has 0 spiro atoms. The van der Waals surface area contributed by atoms with Crippen LogP contribution in [0.2, 0.25) is 0 Å². The van der Waals surface area contributed by atoms with Crippen molar-refractivity contribution in [2.45, 2.75) is 75.0 Å². The van der Waals surface area contributed by atoms with Gasteiger partial charge in [-0.25, -0.2) is 14.3 Å². The molecule has 1 aliphatic carbocycles. The summed E-state index contributed by atoms with van der Waals surface area (Å²) in [6.07, 6.45) is 2.80. The van der Waals surface area contributed by atoms with E-state index >= 15 is 0 Å². The highest BCUT2D eigenvalue weighted by Gasteiger charge is 2.57. The Balaban J connectivity index is 1.45. The van der Waals surface area contributed by atoms with E-state index in [0.29, 0.717) is 11.2 Å². The zero-order valence-corrected chi connectivity index (χ0v) is 17.6. The predicted octanol–water partition coefficient (Wildman–Crippen LogP) is 1.63. The summed E-state index contributed by atoms with van der Waals surface area (Å²) in [4.78, 5) is 16.1. The van der Waals surface area contributed by atoms with E-state index < -0.39 is 36.7 Å². The second kappa shape index (κ2) is 9.28. The number of fused-ring (bicyclic) bond motifs is 1. The van der Waals surface area contributed by atoms with Gasteiger partial charge in [-0.1, -0.05) is 19.3 Å². The van der Waals surface area contributed by atoms with E-state index in [0.717, 1.165) is 38.5 Å². The van der Waals surface area contributed by atoms with E-state index in [-0.39, 0.29) is 11.9 Å². The second-order valence-corrected chi connectivity index (χ2v) is 8.30. The maximum atomic E-state index is 12.2. The number of nitrogen functional groups attached to an aromatic ring is 1. The van der Waals surface area contributed by atoms with Crippen LogP contribution < -0.4 is 5.73 Å². The number of aromatic nitrogens is 3. The van der Waals surface area contributed by atoms with Gasteiger partial charge in [0.05, 0.1) is 5.69 Å². The van der Waals surface area contributed by atoms with Crippen molar-refractivity contribution in [2.75, 3.05) is 12.3 Å². The van der Waals surface area contributed by atoms with Crippen LogP contribution in [-0.4, -0.2) is 61.5 Å². The SMILES string of the molecule is N#C[C@]1(COC(=O)OC2CCCCCCC2)O[C@@H](c2ccc3c(N)ncnn23)[C@H](O)[C@@H]1O. The fourth-order valence-corrected chi connectivity index (χ4v) is 4.35. The fourth-order valence-electron chi connectivity index (χ4n) is 4.35. The van der Waals surface area contributed by atoms with Crippen LogP contribution in [0.1, 0.15) is 56.7 Å². The number of rotatable bonds is 4. The normalized spacial score (nSPS) is 29.2. The number of aliphatic hydroxyl groups is 2. The van der Waals surface area contributed by atoms with Gasteiger partial charge < -0.3 is 30.2 Å². The lowest BCUT2D eigenvalue weighted by Crippen LogP contribution is -2.46. The molecule has 4 N–H and O–H groups in total. The van der Waals surface area contributed by atoms with Crippen LogP contribution in [0.5, 0.6) is 0 Å². The molecule has 4 rings (SSSR count). The number of carbonyl (C=O) groups excluding carboxylic acids is 1. The third-order valence-corrected chi connectivity index (χ3v) is 6.16. The van der Waals surface area contributed by atoms with E-state index in [1.807, 2.05) is 6.07 Å². The summed E-state index contributed by atoms with van der Waals surface area (Å²) in [6.45, 7) is -0.593. The minimum Gasteiger partial charge on any atom is -0.431 e. The topological polar surface area (TPSA) is 165 Å². The molecular formula is C21H27N5O6. The number of hydrogen-bond acceptors (Lipinski definition) is 10. The first-order valence-electron chi connectivity index (χ1n) is 10.8. The van der Waals surface area contributed by atoms with Gasteiger partial charge in [0.15, 0.2) is 5.82 Å². The van der Waals surface area contributed by atoms with Crippen LogP contribution >= 0.6 is 0 Å². The maximum Gasteiger partial charge on any atom is 0.508 e. The molecule has 3 heterocycles. The molecule has 2 fully saturated rings. The molecule has 4 atom stereocenters. The number of aliphatic hydroxyl groups excluding tert-OH is 2. The average Bonchev–Trinajstić information content (AvgIpc) is 3.30. The summed E-state index contributed by atoms with van der Waals surface area (Å²) >= 11 is 0. The Morgan fingerprint density at radius 1 is 1.28 bits per heavy atom. The Morgan fingerprint density at radius 2 is 2.00 bits per heavy atom. The summed E-state index contributed by atoms with van der Waals surface area (Å²) < 4.78 is 17.7. The molecule has 2 aromatic rings. The molecule has 0 aromatic carbocycles. The van der Waals surface area contributed by atoms with Crippen LogP contribution in [0.4, 0.5) is 10.6 Å². The maximum absolute atomic E-state index is 12.2. The highest BCUT2D eigenvalue weighted by molar-refractivity contribution is 5.65. The largest absolute Gasteiger partial charge is 0.508 e. The number of anilines is 1. The lowest BCUT2D eigenvalue weighted by atomic mass is 9.96. The van der Waals surface area contributed by atoms with E-state index in [1.54, 1.807) is 12.1 Å². The monoisotopic (exact) mass is 445 g/mol. The Bertz CT molecular complexity index is 998. The Labute approximate surface area is 184 Å². The lowest BCUT2D eigenvalue weighted by molar-refractivity contribution is -0.0896. The fraction of sp³-hybridized carbons (Fsp3) is 0.619. The number of nitrogens with two attached hydrogens (primary N) is 1. The first kappa shape index (κ1) is 22.3. The molecule has 2 aromatic heterocycles. The molecule has 0 radical (unpaired) electrons. The van der Waals surface area contributed by atoms with Crippen molar-refractivity contribution in [3.8, 4) is 6.07 Å². The highest BCUT2D eigenvalue weighted by atomic mass is 16.7. The first-order valence-corrected chi connectivity index (χ1v) is 10.8. The molecule has 0 bridgehead atoms. The van der Waals surface area contributed by atoms with Crippen molar-refractivity contribution >= 4 is 17.5 Å². The quantitative estimate of drug-likeness (QED) is 0.589. The number of ether oxygens (including phenoxy) is 3. The molecule has 0 amide bonds. The molecule has 1 aliphatic heterocycles. The van der Waals surface area contributed by atoms with Gasteiger partial charge >= 0.3 is 6.16 Å². The van der Waals surface area contributed by atoms with E-state index in [2.05, 4.69) is 10.1 Å². The number of hydrogen-bond donors (Lipinski definition) is 3. The van der Waals surface area contributed by atoms with Crippen molar-refractivity contribution in [1.29, 1.82) is 5.26 Å². The first-order chi connectivity index (χ1) is 15.4. The van der Waals surface area contributed by atoms with Crippen LogP contribution in [0.25, 0.3) is 5.52 Å². The average molecular weight is 445 g/mol. The molecule has 2 aliphatic rings. The van der Waals surface area contributed by atoms with Crippen LogP contribution in [0, 0.1) is 11.3 Å². The predicted molar refractivity (Wildman–Crippen MR) is 110 cm³/mol. The van der Waals surface area contributed by atoms with Crippen molar-refractivity contribution in [3.05, 3.63) is 24.2 Å². The van der Waals surface area contributed by atoms with E-state index in [9.17, 15) is 20.3 Å². The van der Waals surface area contributed by atoms with Gasteiger partial charge in [-0.05, 0) is 37.8 Å². The minimum atomic E-state index is -1.97. The molecule has 32 heavy (non-hydrogen) atoms. The van der Waals surface area contributed by atoms with Crippen molar-refractivity contribution < 1.29 is 29.2 Å². The molecular weight excluding hydrogens is 418 g/mol. The summed E-state index contributed by atoms with van der Waals surface area (Å²) in [6, 6.07) is 5.11. The van der Waals surface area contributed by atoms with Gasteiger partial charge in [-0.15, -0.1) is 0 Å². The summed E-state index contributed by atoms with van der Waals surface area (Å²) in [7, 11) is 0. The Hall–Kier alpha value is -2.94. The molecule has 11 heteroatoms. The summed E-state index contributed by atoms with van der Waals surface area (Å²) in [5.74, 6) is 0.228. The van der Waals surface area contributed by atoms with E-state index in [4.69, 9.17) is 19.9 Å². The molecule has 0 unspecified atom stereocenters. The molecule has 172 valence electrons. The smallest absolute Gasteiger partial charge is 0.431 e. The third-order valence-electron chi connectivity index (χ3n) is 6.16. The van der Waals surface area contributed by atoms with Gasteiger partial charge in [-0.2, -0.15) is 10.4 Å². The Morgan fingerprint density at radius 3 is 2.72 bits per heavy atom. The number of carbonyl (C=O) groups is 1. The molecule has 1 saturated heterocycles. The van der Waals surface area contributed by atoms with Crippen molar-refractivity contribution in [3.63, 3.8) is 0 Å². The third kappa shape index (κ3) is 4.21. The zero-order valence-electron chi connectivity index (χ0n) is 17.6. The minimum absolute atomic E-state index is 0.228. The summed E-state index contributed by atoms with van der Waals surface area (Å²) in [5, 5.41) is 35.1. The number of nitrogens with zero attached hydrogens (tertiary/aromatic N) is 4. The van der Waals surface area contributed by atoms with Crippen LogP contribution in [-0.2, 0) is 14.2 Å². The van der Waals surface area contributed by atoms with Crippen molar-refractivity contribution in [1.82, 2.24) is 14.6 Å². The summed E-state index contributed by atoms with van der Waals surface area (Å²) in [5.41, 5.74) is 4.73. The molecule has 1 saturated carbocycles. The standard InChI is InChI=1S/C21H27N5O6/c22-10-21(11-30-20(29)31-13-6-4-2-1-3-5-7-13)18(28)16(27)17(32-21)14-8-9-15-19(23)24-12-25-26(14)15/h8-9,12-13,16-18,27-28H,1-7,11H2,(H2,23,24,25)/t16-,17-,18-,21+/m0/s1. The van der Waals surface area contributed by atoms with E-state index in [1.165, 1.54) is 17.3 Å². The Kier molecular flexibility index (Phi) is 6.45. The zero-order chi connectivity index (χ0) is 22.7. The van der Waals surface area contributed by atoms with Crippen molar-refractivity contribution in [2.24, 2.45) is 0 Å². The number of nitriles is 1. The van der Waals surface area contributed by atoms with Gasteiger partial charge in [0, 0.05) is 0 Å². The van der Waals surface area contributed by atoms with Crippen LogP contribution in [0.15, 0.2) is 18.5 Å². The highest BCUT2D eigenvalue weighted by Crippen LogP contribution is 2.40. The second-order valence-electron chi connectivity index (χ2n) is 8.30. The van der Waals surface area contributed by atoms with Gasteiger partial charge in [0.25, 0.3) is 0 Å². The van der Waals surface area contributed by atoms with Gasteiger partial charge in [0.1, 0.15) is 48.9 Å². The van der Waals surface area contributed by atoms with Gasteiger partial charge in [0.2, 0.25) is 5.60 Å². The molecule has 11 nitrogen and oxygen atoms in total.